The summed E-state index contributed by atoms with van der Waals surface area (Å²) in [7, 11) is 0. The topological polar surface area (TPSA) is 75.7 Å². The molecule has 0 saturated carbocycles. The van der Waals surface area contributed by atoms with E-state index >= 15 is 0 Å². The minimum Gasteiger partial charge on any atom is -0.454 e. The lowest BCUT2D eigenvalue weighted by atomic mass is 10.1. The lowest BCUT2D eigenvalue weighted by Gasteiger charge is -2.20. The van der Waals surface area contributed by atoms with Gasteiger partial charge in [-0.25, -0.2) is 4.79 Å². The molecule has 2 amide bonds. The van der Waals surface area contributed by atoms with Gasteiger partial charge in [0.05, 0.1) is 0 Å². The van der Waals surface area contributed by atoms with Crippen molar-refractivity contribution in [3.8, 4) is 0 Å². The van der Waals surface area contributed by atoms with Crippen LogP contribution in [0.1, 0.15) is 30.6 Å². The predicted molar refractivity (Wildman–Crippen MR) is 105 cm³/mol. The van der Waals surface area contributed by atoms with Crippen molar-refractivity contribution in [3.05, 3.63) is 34.9 Å². The molecule has 1 aromatic carbocycles. The molecule has 0 fully saturated rings. The Morgan fingerprint density at radius 3 is 2.35 bits per heavy atom. The van der Waals surface area contributed by atoms with Gasteiger partial charge >= 0.3 is 5.97 Å². The summed E-state index contributed by atoms with van der Waals surface area (Å²) >= 11 is 7.37. The number of benzene rings is 1. The molecule has 1 atom stereocenters. The molecule has 26 heavy (non-hydrogen) atoms. The number of esters is 1. The number of hydrogen-bond acceptors (Lipinski definition) is 5. The van der Waals surface area contributed by atoms with Crippen LogP contribution in [0.2, 0.25) is 5.02 Å². The third-order valence-corrected chi connectivity index (χ3v) is 4.66. The van der Waals surface area contributed by atoms with E-state index < -0.39 is 12.0 Å². The van der Waals surface area contributed by atoms with Gasteiger partial charge in [0.2, 0.25) is 0 Å². The second-order valence-electron chi connectivity index (χ2n) is 5.49. The standard InChI is InChI=1S/C18H25ClN2O4S/c1-4-21(5-2)16(22)12-25-18(24)15(10-11-26-3)20-17(23)13-6-8-14(19)9-7-13/h6-9,15H,4-5,10-12H2,1-3H3,(H,20,23)/t15-/m0/s1. The first-order valence-electron chi connectivity index (χ1n) is 8.42. The number of ether oxygens (including phenoxy) is 1. The number of nitrogens with zero attached hydrogens (tertiary/aromatic N) is 1. The van der Waals surface area contributed by atoms with Crippen molar-refractivity contribution in [2.24, 2.45) is 0 Å². The third kappa shape index (κ3) is 7.25. The Hall–Kier alpha value is -1.73. The Morgan fingerprint density at radius 1 is 1.19 bits per heavy atom. The van der Waals surface area contributed by atoms with Crippen molar-refractivity contribution in [2.45, 2.75) is 26.3 Å². The molecule has 0 aliphatic heterocycles. The first kappa shape index (κ1) is 22.3. The van der Waals surface area contributed by atoms with Crippen LogP contribution in [0.5, 0.6) is 0 Å². The van der Waals surface area contributed by atoms with Crippen LogP contribution in [-0.2, 0) is 14.3 Å². The number of carbonyl (C=O) groups is 3. The maximum atomic E-state index is 12.3. The molecule has 0 aliphatic rings. The average molecular weight is 401 g/mol. The maximum Gasteiger partial charge on any atom is 0.329 e. The van der Waals surface area contributed by atoms with E-state index in [-0.39, 0.29) is 18.4 Å². The molecule has 1 rings (SSSR count). The largest absolute Gasteiger partial charge is 0.454 e. The fraction of sp³-hybridized carbons (Fsp3) is 0.500. The van der Waals surface area contributed by atoms with Crippen molar-refractivity contribution in [1.29, 1.82) is 0 Å². The Kier molecular flexibility index (Phi) is 10.1. The van der Waals surface area contributed by atoms with Crippen LogP contribution >= 0.6 is 23.4 Å². The lowest BCUT2D eigenvalue weighted by molar-refractivity contribution is -0.153. The summed E-state index contributed by atoms with van der Waals surface area (Å²) in [4.78, 5) is 38.2. The van der Waals surface area contributed by atoms with Gasteiger partial charge in [-0.3, -0.25) is 9.59 Å². The first-order valence-corrected chi connectivity index (χ1v) is 10.2. The quantitative estimate of drug-likeness (QED) is 0.611. The van der Waals surface area contributed by atoms with E-state index in [4.69, 9.17) is 16.3 Å². The van der Waals surface area contributed by atoms with Gasteiger partial charge in [-0.2, -0.15) is 11.8 Å². The van der Waals surface area contributed by atoms with E-state index in [9.17, 15) is 14.4 Å². The number of amides is 2. The number of halogens is 1. The zero-order chi connectivity index (χ0) is 19.5. The van der Waals surface area contributed by atoms with Crippen molar-refractivity contribution in [1.82, 2.24) is 10.2 Å². The fourth-order valence-electron chi connectivity index (χ4n) is 2.23. The second-order valence-corrected chi connectivity index (χ2v) is 6.91. The van der Waals surface area contributed by atoms with Gasteiger partial charge in [0.15, 0.2) is 6.61 Å². The molecular weight excluding hydrogens is 376 g/mol. The summed E-state index contributed by atoms with van der Waals surface area (Å²) in [6.45, 7) is 4.49. The van der Waals surface area contributed by atoms with Crippen LogP contribution in [0.15, 0.2) is 24.3 Å². The highest BCUT2D eigenvalue weighted by Crippen LogP contribution is 2.10. The van der Waals surface area contributed by atoms with Gasteiger partial charge in [0, 0.05) is 23.7 Å². The molecule has 8 heteroatoms. The normalized spacial score (nSPS) is 11.5. The lowest BCUT2D eigenvalue weighted by Crippen LogP contribution is -2.43. The van der Waals surface area contributed by atoms with Crippen molar-refractivity contribution in [2.75, 3.05) is 31.7 Å². The Morgan fingerprint density at radius 2 is 1.81 bits per heavy atom. The van der Waals surface area contributed by atoms with Crippen LogP contribution in [0, 0.1) is 0 Å². The first-order chi connectivity index (χ1) is 12.4. The number of rotatable bonds is 10. The molecule has 1 N–H and O–H groups in total. The SMILES string of the molecule is CCN(CC)C(=O)COC(=O)[C@H](CCSC)NC(=O)c1ccc(Cl)cc1. The molecular formula is C18H25ClN2O4S. The number of nitrogens with one attached hydrogen (secondary N) is 1. The maximum absolute atomic E-state index is 12.3. The average Bonchev–Trinajstić information content (AvgIpc) is 2.64. The van der Waals surface area contributed by atoms with E-state index in [1.807, 2.05) is 20.1 Å². The smallest absolute Gasteiger partial charge is 0.329 e. The highest BCUT2D eigenvalue weighted by atomic mass is 35.5. The van der Waals surface area contributed by atoms with E-state index in [1.165, 1.54) is 0 Å². The summed E-state index contributed by atoms with van der Waals surface area (Å²) < 4.78 is 5.13. The molecule has 1 aromatic rings. The molecule has 0 radical (unpaired) electrons. The molecule has 6 nitrogen and oxygen atoms in total. The summed E-state index contributed by atoms with van der Waals surface area (Å²) in [6.07, 6.45) is 2.33. The number of likely N-dealkylation sites (N-methyl/N-ethyl adjacent to an activating group) is 1. The summed E-state index contributed by atoms with van der Waals surface area (Å²) in [5.41, 5.74) is 0.399. The van der Waals surface area contributed by atoms with E-state index in [0.717, 1.165) is 0 Å². The van der Waals surface area contributed by atoms with Gasteiger partial charge in [-0.15, -0.1) is 0 Å². The molecule has 0 bridgehead atoms. The van der Waals surface area contributed by atoms with Crippen LogP contribution in [0.25, 0.3) is 0 Å². The molecule has 0 spiro atoms. The van der Waals surface area contributed by atoms with Crippen molar-refractivity contribution in [3.63, 3.8) is 0 Å². The monoisotopic (exact) mass is 400 g/mol. The van der Waals surface area contributed by atoms with Crippen molar-refractivity contribution >= 4 is 41.1 Å². The molecule has 0 saturated heterocycles. The highest BCUT2D eigenvalue weighted by Gasteiger charge is 2.24. The van der Waals surface area contributed by atoms with Gasteiger partial charge in [-0.05, 0) is 56.5 Å². The molecule has 0 heterocycles. The summed E-state index contributed by atoms with van der Waals surface area (Å²) in [6, 6.07) is 5.56. The van der Waals surface area contributed by atoms with Crippen molar-refractivity contribution < 1.29 is 19.1 Å². The van der Waals surface area contributed by atoms with Gasteiger partial charge < -0.3 is 15.0 Å². The zero-order valence-electron chi connectivity index (χ0n) is 15.3. The molecule has 0 aromatic heterocycles. The van der Waals surface area contributed by atoms with Crippen LogP contribution in [-0.4, -0.2) is 60.4 Å². The number of hydrogen-bond donors (Lipinski definition) is 1. The molecule has 144 valence electrons. The van der Waals surface area contributed by atoms with Crippen LogP contribution < -0.4 is 5.32 Å². The van der Waals surface area contributed by atoms with Gasteiger partial charge in [-0.1, -0.05) is 11.6 Å². The van der Waals surface area contributed by atoms with Gasteiger partial charge in [0.25, 0.3) is 11.8 Å². The Labute approximate surface area is 163 Å². The fourth-order valence-corrected chi connectivity index (χ4v) is 2.83. The van der Waals surface area contributed by atoms with E-state index in [0.29, 0.717) is 35.8 Å². The van der Waals surface area contributed by atoms with Crippen LogP contribution in [0.4, 0.5) is 0 Å². The van der Waals surface area contributed by atoms with Gasteiger partial charge in [0.1, 0.15) is 6.04 Å². The van der Waals surface area contributed by atoms with Crippen LogP contribution in [0.3, 0.4) is 0 Å². The molecule has 0 aliphatic carbocycles. The summed E-state index contributed by atoms with van der Waals surface area (Å²) in [5, 5.41) is 3.20. The third-order valence-electron chi connectivity index (χ3n) is 3.76. The Balaban J connectivity index is 2.69. The predicted octanol–water partition coefficient (Wildman–Crippen LogP) is 2.60. The second kappa shape index (κ2) is 11.8. The zero-order valence-corrected chi connectivity index (χ0v) is 16.9. The minimum atomic E-state index is -0.810. The Bertz CT molecular complexity index is 606. The van der Waals surface area contributed by atoms with E-state index in [1.54, 1.807) is 40.9 Å². The molecule has 0 unspecified atom stereocenters. The van der Waals surface area contributed by atoms with E-state index in [2.05, 4.69) is 5.32 Å². The minimum absolute atomic E-state index is 0.254. The summed E-state index contributed by atoms with van der Waals surface area (Å²) in [5.74, 6) is -0.581. The number of carbonyl (C=O) groups excluding carboxylic acids is 3. The number of thioether (sulfide) groups is 1. The highest BCUT2D eigenvalue weighted by molar-refractivity contribution is 7.98.